The Kier molecular flexibility index (Phi) is 4.43. The second-order valence-electron chi connectivity index (χ2n) is 4.26. The first-order valence-electron chi connectivity index (χ1n) is 4.37. The standard InChI is InChI=1S/C10H17NO2/c1-10(2,3)8(5-6-11-4)7-9(12)13/h6,8H,4-5,7H2,1-3H3/p+1. The Labute approximate surface area is 79.2 Å². The van der Waals surface area contributed by atoms with Crippen molar-refractivity contribution in [1.29, 1.82) is 0 Å². The van der Waals surface area contributed by atoms with E-state index in [0.29, 0.717) is 6.42 Å². The van der Waals surface area contributed by atoms with Crippen molar-refractivity contribution in [3.8, 4) is 0 Å². The lowest BCUT2D eigenvalue weighted by Gasteiger charge is -2.27. The Morgan fingerprint density at radius 1 is 1.62 bits per heavy atom. The van der Waals surface area contributed by atoms with Gasteiger partial charge in [0.25, 0.3) is 12.9 Å². The largest absolute Gasteiger partial charge is 0.481 e. The van der Waals surface area contributed by atoms with Crippen LogP contribution in [0.25, 0.3) is 0 Å². The van der Waals surface area contributed by atoms with Crippen LogP contribution in [-0.2, 0) is 4.79 Å². The first-order valence-corrected chi connectivity index (χ1v) is 4.37. The van der Waals surface area contributed by atoms with Crippen LogP contribution < -0.4 is 4.67 Å². The Balaban J connectivity index is 4.36. The van der Waals surface area contributed by atoms with Gasteiger partial charge >= 0.3 is 5.97 Å². The summed E-state index contributed by atoms with van der Waals surface area (Å²) in [6, 6.07) is 0. The fraction of sp³-hybridized carbons (Fsp3) is 0.700. The number of aliphatic carboxylic acids is 1. The molecular formula is C10H18NO2+. The Hall–Kier alpha value is -1.08. The van der Waals surface area contributed by atoms with E-state index in [1.165, 1.54) is 0 Å². The lowest BCUT2D eigenvalue weighted by molar-refractivity contribution is -0.138. The summed E-state index contributed by atoms with van der Waals surface area (Å²) in [6.07, 6.45) is 2.55. The van der Waals surface area contributed by atoms with E-state index in [9.17, 15) is 4.79 Å². The van der Waals surface area contributed by atoms with Crippen molar-refractivity contribution >= 4 is 18.9 Å². The third-order valence-electron chi connectivity index (χ3n) is 2.16. The number of hydrogen-bond donors (Lipinski definition) is 1. The number of nitrogens with zero attached hydrogens (tertiary/aromatic N) is 1. The fourth-order valence-corrected chi connectivity index (χ4v) is 1.16. The summed E-state index contributed by atoms with van der Waals surface area (Å²) in [4.78, 5) is 10.6. The van der Waals surface area contributed by atoms with Crippen molar-refractivity contribution in [3.63, 3.8) is 0 Å². The third-order valence-corrected chi connectivity index (χ3v) is 2.16. The van der Waals surface area contributed by atoms with Crippen LogP contribution in [0.15, 0.2) is 0 Å². The maximum absolute atomic E-state index is 10.6. The second-order valence-corrected chi connectivity index (χ2v) is 4.26. The molecule has 74 valence electrons. The third kappa shape index (κ3) is 5.21. The molecule has 0 bridgehead atoms. The second kappa shape index (κ2) is 4.83. The number of hydrogen-bond acceptors (Lipinski definition) is 1. The van der Waals surface area contributed by atoms with E-state index in [1.807, 2.05) is 20.8 Å². The van der Waals surface area contributed by atoms with Crippen molar-refractivity contribution in [2.45, 2.75) is 33.6 Å². The Morgan fingerprint density at radius 2 is 2.15 bits per heavy atom. The highest BCUT2D eigenvalue weighted by atomic mass is 16.4. The molecular weight excluding hydrogens is 166 g/mol. The molecule has 0 aliphatic heterocycles. The SMILES string of the molecule is C=[N+]=CCC(CC(=O)O)C(C)(C)C. The minimum atomic E-state index is -0.752. The molecule has 0 spiro atoms. The zero-order valence-electron chi connectivity index (χ0n) is 8.58. The van der Waals surface area contributed by atoms with Gasteiger partial charge in [-0.3, -0.25) is 4.79 Å². The average Bonchev–Trinajstić information content (AvgIpc) is 1.95. The Bertz CT molecular complexity index is 218. The summed E-state index contributed by atoms with van der Waals surface area (Å²) in [7, 11) is 0. The maximum Gasteiger partial charge on any atom is 0.303 e. The Morgan fingerprint density at radius 3 is 2.46 bits per heavy atom. The summed E-state index contributed by atoms with van der Waals surface area (Å²) in [5.41, 5.74) is -0.000417. The molecule has 0 aromatic rings. The highest BCUT2D eigenvalue weighted by Crippen LogP contribution is 2.30. The summed E-state index contributed by atoms with van der Waals surface area (Å²) in [6.45, 7) is 9.46. The summed E-state index contributed by atoms with van der Waals surface area (Å²) >= 11 is 0. The molecule has 3 heteroatoms. The average molecular weight is 184 g/mol. The topological polar surface area (TPSA) is 51.4 Å². The molecule has 0 aliphatic rings. The monoisotopic (exact) mass is 184 g/mol. The van der Waals surface area contributed by atoms with Gasteiger partial charge in [-0.25, -0.2) is 0 Å². The van der Waals surface area contributed by atoms with Crippen LogP contribution in [0.4, 0.5) is 0 Å². The van der Waals surface area contributed by atoms with Gasteiger partial charge in [0.05, 0.1) is 0 Å². The molecule has 0 heterocycles. The van der Waals surface area contributed by atoms with Gasteiger partial charge in [0, 0.05) is 12.8 Å². The van der Waals surface area contributed by atoms with Crippen LogP contribution >= 0.6 is 0 Å². The normalized spacial score (nSPS) is 13.2. The van der Waals surface area contributed by atoms with E-state index in [0.717, 1.165) is 0 Å². The van der Waals surface area contributed by atoms with Gasteiger partial charge in [0.2, 0.25) is 0 Å². The zero-order chi connectivity index (χ0) is 10.5. The predicted molar refractivity (Wildman–Crippen MR) is 55.1 cm³/mol. The molecule has 1 N–H and O–H groups in total. The molecule has 0 aromatic heterocycles. The smallest absolute Gasteiger partial charge is 0.303 e. The van der Waals surface area contributed by atoms with Crippen molar-refractivity contribution in [2.75, 3.05) is 0 Å². The van der Waals surface area contributed by atoms with Crippen LogP contribution in [-0.4, -0.2) is 24.0 Å². The summed E-state index contributed by atoms with van der Waals surface area (Å²) in [5.74, 6) is -0.632. The van der Waals surface area contributed by atoms with E-state index in [4.69, 9.17) is 5.11 Å². The molecule has 0 saturated carbocycles. The van der Waals surface area contributed by atoms with Gasteiger partial charge in [-0.15, -0.1) is 4.67 Å². The highest BCUT2D eigenvalue weighted by Gasteiger charge is 2.27. The quantitative estimate of drug-likeness (QED) is 0.529. The van der Waals surface area contributed by atoms with Crippen molar-refractivity contribution in [2.24, 2.45) is 11.3 Å². The minimum absolute atomic E-state index is 0.000417. The zero-order valence-corrected chi connectivity index (χ0v) is 8.58. The molecule has 0 fully saturated rings. The van der Waals surface area contributed by atoms with Gasteiger partial charge in [-0.2, -0.15) is 0 Å². The minimum Gasteiger partial charge on any atom is -0.481 e. The van der Waals surface area contributed by atoms with E-state index < -0.39 is 5.97 Å². The van der Waals surface area contributed by atoms with Gasteiger partial charge in [0.1, 0.15) is 0 Å². The number of carboxylic acids is 1. The van der Waals surface area contributed by atoms with Crippen LogP contribution in [0.1, 0.15) is 33.6 Å². The molecule has 0 amide bonds. The molecule has 0 aromatic carbocycles. The van der Waals surface area contributed by atoms with Crippen molar-refractivity contribution in [3.05, 3.63) is 0 Å². The number of carbonyl (C=O) groups is 1. The van der Waals surface area contributed by atoms with Crippen molar-refractivity contribution < 1.29 is 9.90 Å². The number of rotatable bonds is 4. The molecule has 0 radical (unpaired) electrons. The van der Waals surface area contributed by atoms with E-state index in [2.05, 4.69) is 11.4 Å². The van der Waals surface area contributed by atoms with E-state index in [1.54, 1.807) is 6.21 Å². The predicted octanol–water partition coefficient (Wildman–Crippen LogP) is 1.35. The van der Waals surface area contributed by atoms with E-state index in [-0.39, 0.29) is 17.8 Å². The highest BCUT2D eigenvalue weighted by molar-refractivity contribution is 5.68. The van der Waals surface area contributed by atoms with Gasteiger partial charge < -0.3 is 5.11 Å². The lowest BCUT2D eigenvalue weighted by Crippen LogP contribution is -2.23. The van der Waals surface area contributed by atoms with Crippen LogP contribution in [0.2, 0.25) is 0 Å². The van der Waals surface area contributed by atoms with Crippen molar-refractivity contribution in [1.82, 2.24) is 4.67 Å². The molecule has 0 aliphatic carbocycles. The molecule has 0 rings (SSSR count). The molecule has 1 atom stereocenters. The first kappa shape index (κ1) is 11.9. The lowest BCUT2D eigenvalue weighted by atomic mass is 9.77. The van der Waals surface area contributed by atoms with Crippen LogP contribution in [0.5, 0.6) is 0 Å². The fourth-order valence-electron chi connectivity index (χ4n) is 1.16. The number of carboxylic acid groups (broad SMARTS) is 1. The van der Waals surface area contributed by atoms with Gasteiger partial charge in [0.15, 0.2) is 0 Å². The van der Waals surface area contributed by atoms with Gasteiger partial charge in [-0.05, 0) is 11.3 Å². The van der Waals surface area contributed by atoms with Crippen LogP contribution in [0.3, 0.4) is 0 Å². The van der Waals surface area contributed by atoms with E-state index >= 15 is 0 Å². The molecule has 0 saturated heterocycles. The summed E-state index contributed by atoms with van der Waals surface area (Å²) in [5, 5.41) is 8.69. The van der Waals surface area contributed by atoms with Gasteiger partial charge in [-0.1, -0.05) is 20.8 Å². The molecule has 13 heavy (non-hydrogen) atoms. The molecule has 1 unspecified atom stereocenters. The summed E-state index contributed by atoms with van der Waals surface area (Å²) < 4.78 is 3.63. The molecule has 3 nitrogen and oxygen atoms in total. The first-order chi connectivity index (χ1) is 5.88. The van der Waals surface area contributed by atoms with Crippen LogP contribution in [0, 0.1) is 11.3 Å². The maximum atomic E-state index is 10.6.